The quantitative estimate of drug-likeness (QED) is 0.678. The van der Waals surface area contributed by atoms with Crippen molar-refractivity contribution in [3.05, 3.63) is 41.7 Å². The molecule has 27 heavy (non-hydrogen) atoms. The van der Waals surface area contributed by atoms with Gasteiger partial charge in [-0.15, -0.1) is 0 Å². The molecule has 0 aliphatic rings. The van der Waals surface area contributed by atoms with Crippen molar-refractivity contribution in [1.82, 2.24) is 29.3 Å². The second-order valence-corrected chi connectivity index (χ2v) is 6.27. The highest BCUT2D eigenvalue weighted by Gasteiger charge is 2.20. The first kappa shape index (κ1) is 18.4. The summed E-state index contributed by atoms with van der Waals surface area (Å²) in [7, 11) is 3.44. The third kappa shape index (κ3) is 4.05. The maximum atomic E-state index is 12.7. The Morgan fingerprint density at radius 2 is 1.74 bits per heavy atom. The predicted molar refractivity (Wildman–Crippen MR) is 99.3 cm³/mol. The summed E-state index contributed by atoms with van der Waals surface area (Å²) in [5.41, 5.74) is 2.95. The van der Waals surface area contributed by atoms with Gasteiger partial charge in [-0.25, -0.2) is 0 Å². The SMILES string of the molecule is Cc1ccn(CCC(=O)Nc2cnn(C)c2C(=O)Nc2cnn(C)c2C)n1. The van der Waals surface area contributed by atoms with Gasteiger partial charge in [-0.3, -0.25) is 23.6 Å². The lowest BCUT2D eigenvalue weighted by atomic mass is 10.3. The third-order valence-corrected chi connectivity index (χ3v) is 4.25. The van der Waals surface area contributed by atoms with E-state index in [9.17, 15) is 9.59 Å². The van der Waals surface area contributed by atoms with Crippen LogP contribution in [0, 0.1) is 13.8 Å². The molecule has 0 unspecified atom stereocenters. The van der Waals surface area contributed by atoms with E-state index in [2.05, 4.69) is 25.9 Å². The summed E-state index contributed by atoms with van der Waals surface area (Å²) in [5.74, 6) is -0.591. The van der Waals surface area contributed by atoms with E-state index < -0.39 is 0 Å². The second-order valence-electron chi connectivity index (χ2n) is 6.27. The summed E-state index contributed by atoms with van der Waals surface area (Å²) in [5, 5.41) is 18.0. The number of nitrogens with zero attached hydrogens (tertiary/aromatic N) is 6. The number of carbonyl (C=O) groups excluding carboxylic acids is 2. The number of nitrogens with one attached hydrogen (secondary N) is 2. The van der Waals surface area contributed by atoms with Crippen molar-refractivity contribution in [2.45, 2.75) is 26.8 Å². The molecule has 0 saturated carbocycles. The molecule has 2 N–H and O–H groups in total. The molecule has 0 atom stereocenters. The molecule has 0 bridgehead atoms. The van der Waals surface area contributed by atoms with Gasteiger partial charge in [0.2, 0.25) is 5.91 Å². The van der Waals surface area contributed by atoms with Crippen molar-refractivity contribution in [2.24, 2.45) is 14.1 Å². The molecule has 0 radical (unpaired) electrons. The molecule has 0 fully saturated rings. The molecule has 142 valence electrons. The highest BCUT2D eigenvalue weighted by atomic mass is 16.2. The fourth-order valence-corrected chi connectivity index (χ4v) is 2.62. The van der Waals surface area contributed by atoms with Crippen LogP contribution >= 0.6 is 0 Å². The maximum Gasteiger partial charge on any atom is 0.276 e. The topological polar surface area (TPSA) is 112 Å². The highest BCUT2D eigenvalue weighted by Crippen LogP contribution is 2.19. The van der Waals surface area contributed by atoms with E-state index in [-0.39, 0.29) is 23.9 Å². The zero-order valence-corrected chi connectivity index (χ0v) is 15.7. The summed E-state index contributed by atoms with van der Waals surface area (Å²) in [6.07, 6.45) is 5.09. The van der Waals surface area contributed by atoms with Crippen LogP contribution in [0.15, 0.2) is 24.7 Å². The van der Waals surface area contributed by atoms with E-state index in [0.717, 1.165) is 11.4 Å². The largest absolute Gasteiger partial charge is 0.323 e. The highest BCUT2D eigenvalue weighted by molar-refractivity contribution is 6.09. The smallest absolute Gasteiger partial charge is 0.276 e. The van der Waals surface area contributed by atoms with E-state index in [1.165, 1.54) is 10.9 Å². The molecular weight excluding hydrogens is 348 g/mol. The zero-order valence-electron chi connectivity index (χ0n) is 15.7. The van der Waals surface area contributed by atoms with Gasteiger partial charge in [-0.05, 0) is 19.9 Å². The van der Waals surface area contributed by atoms with Crippen LogP contribution in [0.5, 0.6) is 0 Å². The van der Waals surface area contributed by atoms with Crippen LogP contribution in [0.2, 0.25) is 0 Å². The molecule has 10 nitrogen and oxygen atoms in total. The minimum atomic E-state index is -0.371. The summed E-state index contributed by atoms with van der Waals surface area (Å²) in [6.45, 7) is 4.20. The Morgan fingerprint density at radius 3 is 2.37 bits per heavy atom. The maximum absolute atomic E-state index is 12.7. The average molecular weight is 370 g/mol. The number of hydrogen-bond acceptors (Lipinski definition) is 5. The average Bonchev–Trinajstić information content (AvgIpc) is 3.29. The zero-order chi connectivity index (χ0) is 19.6. The van der Waals surface area contributed by atoms with Crippen LogP contribution in [0.1, 0.15) is 28.3 Å². The molecule has 3 heterocycles. The number of rotatable bonds is 6. The van der Waals surface area contributed by atoms with Crippen LogP contribution in [0.4, 0.5) is 11.4 Å². The van der Waals surface area contributed by atoms with Gasteiger partial charge in [-0.2, -0.15) is 15.3 Å². The van der Waals surface area contributed by atoms with Crippen molar-refractivity contribution in [3.63, 3.8) is 0 Å². The molecule has 2 amide bonds. The lowest BCUT2D eigenvalue weighted by Crippen LogP contribution is -2.21. The minimum Gasteiger partial charge on any atom is -0.323 e. The molecule has 0 saturated heterocycles. The van der Waals surface area contributed by atoms with E-state index in [0.29, 0.717) is 17.9 Å². The second kappa shape index (κ2) is 7.44. The van der Waals surface area contributed by atoms with Gasteiger partial charge in [-0.1, -0.05) is 0 Å². The molecule has 0 spiro atoms. The molecular formula is C17H22N8O2. The van der Waals surface area contributed by atoms with Crippen molar-refractivity contribution in [2.75, 3.05) is 10.6 Å². The van der Waals surface area contributed by atoms with Gasteiger partial charge in [0.05, 0.1) is 35.2 Å². The molecule has 3 aromatic rings. The predicted octanol–water partition coefficient (Wildman–Crippen LogP) is 1.25. The normalized spacial score (nSPS) is 10.8. The lowest BCUT2D eigenvalue weighted by Gasteiger charge is -2.09. The van der Waals surface area contributed by atoms with Gasteiger partial charge >= 0.3 is 0 Å². The van der Waals surface area contributed by atoms with Crippen LogP contribution in [-0.4, -0.2) is 41.2 Å². The van der Waals surface area contributed by atoms with Gasteiger partial charge in [0, 0.05) is 33.3 Å². The number of hydrogen-bond donors (Lipinski definition) is 2. The van der Waals surface area contributed by atoms with Crippen LogP contribution < -0.4 is 10.6 Å². The van der Waals surface area contributed by atoms with Gasteiger partial charge in [0.1, 0.15) is 5.69 Å². The van der Waals surface area contributed by atoms with E-state index in [1.54, 1.807) is 29.7 Å². The summed E-state index contributed by atoms with van der Waals surface area (Å²) in [6, 6.07) is 1.88. The number of carbonyl (C=O) groups is 2. The van der Waals surface area contributed by atoms with Crippen molar-refractivity contribution < 1.29 is 9.59 Å². The Morgan fingerprint density at radius 1 is 1.04 bits per heavy atom. The van der Waals surface area contributed by atoms with Crippen molar-refractivity contribution >= 4 is 23.2 Å². The molecule has 10 heteroatoms. The minimum absolute atomic E-state index is 0.220. The molecule has 0 aliphatic heterocycles. The molecule has 3 aromatic heterocycles. The standard InChI is InChI=1S/C17H22N8O2/c1-11-5-7-25(22-11)8-6-15(26)20-14-10-19-24(4)16(14)17(27)21-13-9-18-23(3)12(13)2/h5,7,9-10H,6,8H2,1-4H3,(H,20,26)(H,21,27). The van der Waals surface area contributed by atoms with E-state index >= 15 is 0 Å². The number of anilines is 2. The lowest BCUT2D eigenvalue weighted by molar-refractivity contribution is -0.116. The van der Waals surface area contributed by atoms with Crippen molar-refractivity contribution in [3.8, 4) is 0 Å². The fourth-order valence-electron chi connectivity index (χ4n) is 2.62. The Bertz CT molecular complexity index is 981. The summed E-state index contributed by atoms with van der Waals surface area (Å²) in [4.78, 5) is 24.9. The monoisotopic (exact) mass is 370 g/mol. The Balaban J connectivity index is 1.67. The third-order valence-electron chi connectivity index (χ3n) is 4.25. The van der Waals surface area contributed by atoms with E-state index in [4.69, 9.17) is 0 Å². The summed E-state index contributed by atoms with van der Waals surface area (Å²) >= 11 is 0. The fraction of sp³-hybridized carbons (Fsp3) is 0.353. The van der Waals surface area contributed by atoms with Gasteiger partial charge in [0.15, 0.2) is 0 Å². The molecule has 0 aromatic carbocycles. The number of amides is 2. The molecule has 3 rings (SSSR count). The Hall–Kier alpha value is -3.43. The van der Waals surface area contributed by atoms with Crippen LogP contribution in [-0.2, 0) is 25.4 Å². The first-order valence-corrected chi connectivity index (χ1v) is 8.47. The number of aryl methyl sites for hydroxylation is 4. The van der Waals surface area contributed by atoms with Gasteiger partial charge in [0.25, 0.3) is 5.91 Å². The first-order chi connectivity index (χ1) is 12.8. The van der Waals surface area contributed by atoms with Crippen LogP contribution in [0.25, 0.3) is 0 Å². The number of aromatic nitrogens is 6. The van der Waals surface area contributed by atoms with Crippen LogP contribution in [0.3, 0.4) is 0 Å². The first-order valence-electron chi connectivity index (χ1n) is 8.47. The van der Waals surface area contributed by atoms with Crippen molar-refractivity contribution in [1.29, 1.82) is 0 Å². The summed E-state index contributed by atoms with van der Waals surface area (Å²) < 4.78 is 4.79. The molecule has 0 aliphatic carbocycles. The Kier molecular flexibility index (Phi) is 5.06. The Labute approximate surface area is 156 Å². The van der Waals surface area contributed by atoms with E-state index in [1.807, 2.05) is 26.1 Å². The van der Waals surface area contributed by atoms with Gasteiger partial charge < -0.3 is 10.6 Å².